The van der Waals surface area contributed by atoms with Gasteiger partial charge in [0, 0.05) is 0 Å². The number of amides is 1. The highest BCUT2D eigenvalue weighted by molar-refractivity contribution is 6.74. The second kappa shape index (κ2) is 5.25. The number of hydrogen-bond acceptors (Lipinski definition) is 2. The van der Waals surface area contributed by atoms with Crippen LogP contribution in [0.5, 0.6) is 0 Å². The van der Waals surface area contributed by atoms with Crippen LogP contribution >= 0.6 is 0 Å². The van der Waals surface area contributed by atoms with Crippen LogP contribution in [-0.4, -0.2) is 33.3 Å². The molecular weight excluding hydrogens is 256 g/mol. The molecule has 1 fully saturated rings. The Hall–Kier alpha value is -0.493. The highest BCUT2D eigenvalue weighted by Crippen LogP contribution is 2.37. The van der Waals surface area contributed by atoms with Crippen LogP contribution in [0.2, 0.25) is 18.1 Å². The van der Waals surface area contributed by atoms with Gasteiger partial charge in [0.15, 0.2) is 8.32 Å². The quantitative estimate of drug-likeness (QED) is 0.804. The van der Waals surface area contributed by atoms with E-state index in [4.69, 9.17) is 4.43 Å². The van der Waals surface area contributed by atoms with Crippen molar-refractivity contribution >= 4 is 14.2 Å². The van der Waals surface area contributed by atoms with E-state index in [1.54, 1.807) is 0 Å². The van der Waals surface area contributed by atoms with E-state index < -0.39 is 26.6 Å². The first kappa shape index (κ1) is 15.6. The predicted molar refractivity (Wildman–Crippen MR) is 69.2 cm³/mol. The molecule has 1 aliphatic rings. The van der Waals surface area contributed by atoms with Gasteiger partial charge < -0.3 is 9.74 Å². The van der Waals surface area contributed by atoms with Gasteiger partial charge in [0.25, 0.3) is 0 Å². The minimum absolute atomic E-state index is 0.0811. The van der Waals surface area contributed by atoms with E-state index in [2.05, 4.69) is 39.2 Å². The third-order valence-electron chi connectivity index (χ3n) is 3.98. The average molecular weight is 279 g/mol. The Labute approximate surface area is 108 Å². The first-order valence-electron chi connectivity index (χ1n) is 6.27. The van der Waals surface area contributed by atoms with Gasteiger partial charge in [0.05, 0.1) is 12.6 Å². The van der Waals surface area contributed by atoms with Crippen LogP contribution in [0.15, 0.2) is 0 Å². The monoisotopic (exact) mass is 279 g/mol. The summed E-state index contributed by atoms with van der Waals surface area (Å²) in [7, 11) is -1.88. The molecule has 18 heavy (non-hydrogen) atoms. The fourth-order valence-electron chi connectivity index (χ4n) is 1.63. The molecule has 1 amide bonds. The Morgan fingerprint density at radius 1 is 1.44 bits per heavy atom. The number of carbonyl (C=O) groups excluding carboxylic acids is 1. The van der Waals surface area contributed by atoms with Crippen molar-refractivity contribution in [2.45, 2.75) is 57.8 Å². The lowest BCUT2D eigenvalue weighted by Gasteiger charge is -2.36. The van der Waals surface area contributed by atoms with Crippen molar-refractivity contribution < 1.29 is 18.0 Å². The van der Waals surface area contributed by atoms with E-state index >= 15 is 0 Å². The van der Waals surface area contributed by atoms with E-state index in [0.29, 0.717) is 6.61 Å². The van der Waals surface area contributed by atoms with Crippen molar-refractivity contribution in [1.29, 1.82) is 0 Å². The molecule has 3 nitrogen and oxygen atoms in total. The normalized spacial score (nSPS) is 25.7. The molecule has 0 aromatic rings. The summed E-state index contributed by atoms with van der Waals surface area (Å²) < 4.78 is 31.0. The molecule has 0 bridgehead atoms. The van der Waals surface area contributed by atoms with Crippen LogP contribution in [0.25, 0.3) is 0 Å². The third kappa shape index (κ3) is 3.51. The summed E-state index contributed by atoms with van der Waals surface area (Å²) in [5.41, 5.74) is 0. The van der Waals surface area contributed by atoms with E-state index in [0.717, 1.165) is 0 Å². The van der Waals surface area contributed by atoms with Crippen LogP contribution in [-0.2, 0) is 9.22 Å². The fourth-order valence-corrected chi connectivity index (χ4v) is 2.68. The molecule has 1 aliphatic heterocycles. The minimum Gasteiger partial charge on any atom is -0.415 e. The number of rotatable bonds is 4. The lowest BCUT2D eigenvalue weighted by molar-refractivity contribution is -0.126. The third-order valence-corrected chi connectivity index (χ3v) is 8.48. The summed E-state index contributed by atoms with van der Waals surface area (Å²) in [4.78, 5) is 11.3. The summed E-state index contributed by atoms with van der Waals surface area (Å²) in [6, 6.07) is -0.273. The van der Waals surface area contributed by atoms with Crippen molar-refractivity contribution in [1.82, 2.24) is 5.32 Å². The van der Waals surface area contributed by atoms with E-state index in [9.17, 15) is 13.6 Å². The van der Waals surface area contributed by atoms with Gasteiger partial charge in [0.1, 0.15) is 5.92 Å². The lowest BCUT2D eigenvalue weighted by Crippen LogP contribution is -2.44. The van der Waals surface area contributed by atoms with Crippen LogP contribution in [0.4, 0.5) is 8.78 Å². The molecule has 0 unspecified atom stereocenters. The lowest BCUT2D eigenvalue weighted by atomic mass is 10.1. The summed E-state index contributed by atoms with van der Waals surface area (Å²) in [6.45, 7) is 10.9. The van der Waals surface area contributed by atoms with Crippen LogP contribution in [0.3, 0.4) is 0 Å². The molecule has 0 aliphatic carbocycles. The van der Waals surface area contributed by atoms with Gasteiger partial charge in [-0.05, 0) is 24.6 Å². The molecule has 0 saturated carbocycles. The Bertz CT molecular complexity index is 316. The standard InChI is InChI=1S/C12H23F2NO2Si/c1-12(2,3)18(4,5)17-7-8-6-9(10(13)14)11(16)15-8/h8-10H,6-7H2,1-5H3,(H,15,16)/t8-,9+/m0/s1. The molecule has 1 N–H and O–H groups in total. The van der Waals surface area contributed by atoms with Gasteiger partial charge in [-0.15, -0.1) is 0 Å². The van der Waals surface area contributed by atoms with Crippen molar-refractivity contribution in [2.24, 2.45) is 5.92 Å². The molecular formula is C12H23F2NO2Si. The first-order valence-corrected chi connectivity index (χ1v) is 9.18. The van der Waals surface area contributed by atoms with Crippen molar-refractivity contribution in [3.8, 4) is 0 Å². The Balaban J connectivity index is 2.50. The maximum absolute atomic E-state index is 12.5. The Morgan fingerprint density at radius 2 is 2.00 bits per heavy atom. The van der Waals surface area contributed by atoms with Gasteiger partial charge in [-0.2, -0.15) is 0 Å². The van der Waals surface area contributed by atoms with Gasteiger partial charge >= 0.3 is 0 Å². The summed E-state index contributed by atoms with van der Waals surface area (Å²) >= 11 is 0. The SMILES string of the molecule is CC(C)(C)[Si](C)(C)OC[C@@H]1C[C@H](C(F)F)C(=O)N1. The molecule has 0 aromatic heterocycles. The summed E-state index contributed by atoms with van der Waals surface area (Å²) in [5, 5.41) is 2.67. The number of nitrogens with one attached hydrogen (secondary N) is 1. The van der Waals surface area contributed by atoms with Crippen molar-refractivity contribution in [2.75, 3.05) is 6.61 Å². The van der Waals surface area contributed by atoms with E-state index in [-0.39, 0.29) is 17.5 Å². The van der Waals surface area contributed by atoms with Crippen molar-refractivity contribution in [3.05, 3.63) is 0 Å². The zero-order valence-electron chi connectivity index (χ0n) is 11.7. The van der Waals surface area contributed by atoms with Gasteiger partial charge in [-0.3, -0.25) is 4.79 Å². The molecule has 1 rings (SSSR count). The largest absolute Gasteiger partial charge is 0.415 e. The molecule has 0 aromatic carbocycles. The average Bonchev–Trinajstić information content (AvgIpc) is 2.55. The smallest absolute Gasteiger partial charge is 0.250 e. The predicted octanol–water partition coefficient (Wildman–Crippen LogP) is 2.78. The van der Waals surface area contributed by atoms with E-state index in [1.165, 1.54) is 0 Å². The molecule has 1 saturated heterocycles. The minimum atomic E-state index is -2.58. The maximum atomic E-state index is 12.5. The fraction of sp³-hybridized carbons (Fsp3) is 0.917. The van der Waals surface area contributed by atoms with Gasteiger partial charge in [-0.1, -0.05) is 20.8 Å². The zero-order valence-corrected chi connectivity index (χ0v) is 12.7. The highest BCUT2D eigenvalue weighted by atomic mass is 28.4. The molecule has 6 heteroatoms. The highest BCUT2D eigenvalue weighted by Gasteiger charge is 2.41. The van der Waals surface area contributed by atoms with Crippen LogP contribution in [0, 0.1) is 5.92 Å². The molecule has 1 heterocycles. The van der Waals surface area contributed by atoms with Gasteiger partial charge in [0.2, 0.25) is 12.3 Å². The maximum Gasteiger partial charge on any atom is 0.250 e. The van der Waals surface area contributed by atoms with Gasteiger partial charge in [-0.25, -0.2) is 8.78 Å². The number of alkyl halides is 2. The second-order valence-corrected chi connectivity index (χ2v) is 11.3. The topological polar surface area (TPSA) is 38.3 Å². The first-order chi connectivity index (χ1) is 8.04. The molecule has 2 atom stereocenters. The Kier molecular flexibility index (Phi) is 4.54. The van der Waals surface area contributed by atoms with Crippen LogP contribution < -0.4 is 5.32 Å². The molecule has 0 radical (unpaired) electrons. The summed E-state index contributed by atoms with van der Waals surface area (Å²) in [5.74, 6) is -1.72. The number of carbonyl (C=O) groups is 1. The van der Waals surface area contributed by atoms with Crippen LogP contribution in [0.1, 0.15) is 27.2 Å². The Morgan fingerprint density at radius 3 is 2.39 bits per heavy atom. The molecule has 0 spiro atoms. The number of halogens is 2. The number of hydrogen-bond donors (Lipinski definition) is 1. The zero-order chi connectivity index (χ0) is 14.1. The van der Waals surface area contributed by atoms with E-state index in [1.807, 2.05) is 0 Å². The molecule has 106 valence electrons. The summed E-state index contributed by atoms with van der Waals surface area (Å²) in [6.07, 6.45) is -2.41. The second-order valence-electron chi connectivity index (χ2n) is 6.45. The van der Waals surface area contributed by atoms with Crippen molar-refractivity contribution in [3.63, 3.8) is 0 Å².